The number of nitrogens with one attached hydrogen (secondary N) is 1. The van der Waals surface area contributed by atoms with Gasteiger partial charge in [-0.15, -0.1) is 0 Å². The Kier molecular flexibility index (Phi) is 6.49. The molecule has 4 nitrogen and oxygen atoms in total. The molecule has 0 aliphatic rings. The van der Waals surface area contributed by atoms with E-state index in [2.05, 4.69) is 53.8 Å². The standard InChI is InChI=1S/C15H23BrN2O2/c1-10(2)18(11(3)4)9-8-17-13-7-5-6-12(16)14(13)15(19)20/h5-7,10-11,17H,8-9H2,1-4H3,(H,19,20). The molecule has 0 aromatic heterocycles. The van der Waals surface area contributed by atoms with Crippen LogP contribution in [0.3, 0.4) is 0 Å². The minimum Gasteiger partial charge on any atom is -0.478 e. The number of aromatic carboxylic acids is 1. The van der Waals surface area contributed by atoms with Gasteiger partial charge in [-0.05, 0) is 55.8 Å². The first kappa shape index (κ1) is 17.0. The first-order valence-corrected chi connectivity index (χ1v) is 7.65. The van der Waals surface area contributed by atoms with Crippen LogP contribution >= 0.6 is 15.9 Å². The highest BCUT2D eigenvalue weighted by molar-refractivity contribution is 9.10. The third kappa shape index (κ3) is 4.49. The molecule has 0 bridgehead atoms. The lowest BCUT2D eigenvalue weighted by Gasteiger charge is -2.30. The van der Waals surface area contributed by atoms with Crippen LogP contribution in [0.4, 0.5) is 5.69 Å². The SMILES string of the molecule is CC(C)N(CCNc1cccc(Br)c1C(=O)O)C(C)C. The van der Waals surface area contributed by atoms with E-state index in [4.69, 9.17) is 0 Å². The first-order chi connectivity index (χ1) is 9.34. The summed E-state index contributed by atoms with van der Waals surface area (Å²) < 4.78 is 0.597. The van der Waals surface area contributed by atoms with Gasteiger partial charge in [0, 0.05) is 35.3 Å². The number of halogens is 1. The smallest absolute Gasteiger partial charge is 0.338 e. The number of rotatable bonds is 7. The van der Waals surface area contributed by atoms with Crippen LogP contribution in [-0.4, -0.2) is 41.1 Å². The molecule has 1 rings (SSSR count). The molecule has 2 N–H and O–H groups in total. The zero-order valence-electron chi connectivity index (χ0n) is 12.5. The van der Waals surface area contributed by atoms with Gasteiger partial charge >= 0.3 is 5.97 Å². The summed E-state index contributed by atoms with van der Waals surface area (Å²) >= 11 is 3.28. The second kappa shape index (κ2) is 7.64. The summed E-state index contributed by atoms with van der Waals surface area (Å²) in [5.74, 6) is -0.926. The second-order valence-corrected chi connectivity index (χ2v) is 6.17. The third-order valence-electron chi connectivity index (χ3n) is 3.24. The molecule has 0 saturated heterocycles. The van der Waals surface area contributed by atoms with Gasteiger partial charge in [-0.3, -0.25) is 4.90 Å². The van der Waals surface area contributed by atoms with Crippen molar-refractivity contribution >= 4 is 27.6 Å². The van der Waals surface area contributed by atoms with Crippen LogP contribution in [0.25, 0.3) is 0 Å². The fourth-order valence-corrected chi connectivity index (χ4v) is 2.86. The normalized spacial score (nSPS) is 11.4. The molecule has 0 atom stereocenters. The van der Waals surface area contributed by atoms with E-state index in [0.29, 0.717) is 28.8 Å². The van der Waals surface area contributed by atoms with E-state index in [9.17, 15) is 9.90 Å². The summed E-state index contributed by atoms with van der Waals surface area (Å²) in [7, 11) is 0. The van der Waals surface area contributed by atoms with Gasteiger partial charge in [-0.25, -0.2) is 4.79 Å². The Hall–Kier alpha value is -1.07. The third-order valence-corrected chi connectivity index (χ3v) is 3.90. The van der Waals surface area contributed by atoms with Crippen molar-refractivity contribution in [2.45, 2.75) is 39.8 Å². The molecule has 20 heavy (non-hydrogen) atoms. The van der Waals surface area contributed by atoms with E-state index >= 15 is 0 Å². The van der Waals surface area contributed by atoms with Crippen LogP contribution < -0.4 is 5.32 Å². The second-order valence-electron chi connectivity index (χ2n) is 5.32. The van der Waals surface area contributed by atoms with E-state index in [-0.39, 0.29) is 5.56 Å². The number of carboxylic acids is 1. The Morgan fingerprint density at radius 3 is 2.40 bits per heavy atom. The molecule has 0 amide bonds. The minimum atomic E-state index is -0.926. The minimum absolute atomic E-state index is 0.285. The molecule has 0 radical (unpaired) electrons. The van der Waals surface area contributed by atoms with Crippen molar-refractivity contribution in [2.75, 3.05) is 18.4 Å². The molecule has 0 spiro atoms. The van der Waals surface area contributed by atoms with Gasteiger partial charge in [0.05, 0.1) is 5.56 Å². The Bertz CT molecular complexity index is 453. The monoisotopic (exact) mass is 342 g/mol. The van der Waals surface area contributed by atoms with Crippen LogP contribution in [0.15, 0.2) is 22.7 Å². The van der Waals surface area contributed by atoms with Crippen LogP contribution in [0.2, 0.25) is 0 Å². The predicted molar refractivity (Wildman–Crippen MR) is 86.6 cm³/mol. The maximum absolute atomic E-state index is 11.3. The zero-order chi connectivity index (χ0) is 15.3. The van der Waals surface area contributed by atoms with Crippen molar-refractivity contribution in [2.24, 2.45) is 0 Å². The number of carboxylic acid groups (broad SMARTS) is 1. The fourth-order valence-electron chi connectivity index (χ4n) is 2.32. The summed E-state index contributed by atoms with van der Waals surface area (Å²) in [5, 5.41) is 12.5. The Balaban J connectivity index is 2.71. The lowest BCUT2D eigenvalue weighted by atomic mass is 10.1. The molecule has 1 aromatic carbocycles. The molecule has 5 heteroatoms. The van der Waals surface area contributed by atoms with Gasteiger partial charge in [0.2, 0.25) is 0 Å². The van der Waals surface area contributed by atoms with Gasteiger partial charge in [-0.2, -0.15) is 0 Å². The molecular formula is C15H23BrN2O2. The molecule has 0 aliphatic heterocycles. The number of carbonyl (C=O) groups is 1. The maximum Gasteiger partial charge on any atom is 0.338 e. The molecule has 0 unspecified atom stereocenters. The average molecular weight is 343 g/mol. The average Bonchev–Trinajstić information content (AvgIpc) is 2.33. The van der Waals surface area contributed by atoms with E-state index in [1.165, 1.54) is 0 Å². The van der Waals surface area contributed by atoms with Gasteiger partial charge in [0.1, 0.15) is 0 Å². The Morgan fingerprint density at radius 2 is 1.90 bits per heavy atom. The van der Waals surface area contributed by atoms with Crippen molar-refractivity contribution in [3.05, 3.63) is 28.2 Å². The Labute approximate surface area is 129 Å². The largest absolute Gasteiger partial charge is 0.478 e. The quantitative estimate of drug-likeness (QED) is 0.793. The number of nitrogens with zero attached hydrogens (tertiary/aromatic N) is 1. The number of benzene rings is 1. The summed E-state index contributed by atoms with van der Waals surface area (Å²) in [6, 6.07) is 6.31. The molecule has 1 aromatic rings. The predicted octanol–water partition coefficient (Wildman–Crippen LogP) is 3.68. The van der Waals surface area contributed by atoms with Crippen molar-refractivity contribution in [3.8, 4) is 0 Å². The van der Waals surface area contributed by atoms with E-state index in [1.807, 2.05) is 6.07 Å². The first-order valence-electron chi connectivity index (χ1n) is 6.86. The van der Waals surface area contributed by atoms with Crippen molar-refractivity contribution < 1.29 is 9.90 Å². The van der Waals surface area contributed by atoms with Gasteiger partial charge in [0.15, 0.2) is 0 Å². The van der Waals surface area contributed by atoms with Crippen molar-refractivity contribution in [3.63, 3.8) is 0 Å². The van der Waals surface area contributed by atoms with Crippen LogP contribution in [-0.2, 0) is 0 Å². The highest BCUT2D eigenvalue weighted by atomic mass is 79.9. The van der Waals surface area contributed by atoms with Gasteiger partial charge in [-0.1, -0.05) is 6.07 Å². The fraction of sp³-hybridized carbons (Fsp3) is 0.533. The Morgan fingerprint density at radius 1 is 1.30 bits per heavy atom. The van der Waals surface area contributed by atoms with Gasteiger partial charge in [0.25, 0.3) is 0 Å². The van der Waals surface area contributed by atoms with Crippen LogP contribution in [0.1, 0.15) is 38.1 Å². The number of anilines is 1. The zero-order valence-corrected chi connectivity index (χ0v) is 14.1. The van der Waals surface area contributed by atoms with E-state index in [1.54, 1.807) is 12.1 Å². The van der Waals surface area contributed by atoms with E-state index in [0.717, 1.165) is 6.54 Å². The summed E-state index contributed by atoms with van der Waals surface area (Å²) in [4.78, 5) is 13.6. The van der Waals surface area contributed by atoms with Crippen molar-refractivity contribution in [1.29, 1.82) is 0 Å². The lowest BCUT2D eigenvalue weighted by Crippen LogP contribution is -2.40. The number of hydrogen-bond donors (Lipinski definition) is 2. The number of hydrogen-bond acceptors (Lipinski definition) is 3. The molecular weight excluding hydrogens is 320 g/mol. The van der Waals surface area contributed by atoms with Crippen molar-refractivity contribution in [1.82, 2.24) is 4.90 Å². The molecule has 0 aliphatic carbocycles. The van der Waals surface area contributed by atoms with E-state index < -0.39 is 5.97 Å². The molecule has 0 fully saturated rings. The highest BCUT2D eigenvalue weighted by Gasteiger charge is 2.15. The van der Waals surface area contributed by atoms with Gasteiger partial charge < -0.3 is 10.4 Å². The lowest BCUT2D eigenvalue weighted by molar-refractivity contribution is 0.0697. The summed E-state index contributed by atoms with van der Waals surface area (Å²) in [6.45, 7) is 10.3. The summed E-state index contributed by atoms with van der Waals surface area (Å²) in [6.07, 6.45) is 0. The molecule has 0 saturated carbocycles. The molecule has 112 valence electrons. The van der Waals surface area contributed by atoms with Crippen LogP contribution in [0, 0.1) is 0 Å². The topological polar surface area (TPSA) is 52.6 Å². The highest BCUT2D eigenvalue weighted by Crippen LogP contribution is 2.24. The van der Waals surface area contributed by atoms with Crippen LogP contribution in [0.5, 0.6) is 0 Å². The maximum atomic E-state index is 11.3. The summed E-state index contributed by atoms with van der Waals surface area (Å²) in [5.41, 5.74) is 0.937. The molecule has 0 heterocycles.